The van der Waals surface area contributed by atoms with E-state index in [9.17, 15) is 4.79 Å². The molecule has 0 atom stereocenters. The van der Waals surface area contributed by atoms with Crippen molar-refractivity contribution in [2.75, 3.05) is 13.1 Å². The molecule has 8 heteroatoms. The predicted molar refractivity (Wildman–Crippen MR) is 108 cm³/mol. The number of piperidine rings is 1. The maximum atomic E-state index is 13.0. The minimum atomic E-state index is 0.0740. The number of nitrogens with zero attached hydrogens (tertiary/aromatic N) is 6. The highest BCUT2D eigenvalue weighted by atomic mass is 16.5. The first-order valence-corrected chi connectivity index (χ1v) is 10.2. The number of rotatable bonds is 5. The second-order valence-corrected chi connectivity index (χ2v) is 7.77. The van der Waals surface area contributed by atoms with Crippen LogP contribution in [-0.2, 0) is 13.1 Å². The predicted octanol–water partition coefficient (Wildman–Crippen LogP) is 3.08. The van der Waals surface area contributed by atoms with Gasteiger partial charge in [-0.3, -0.25) is 9.48 Å². The zero-order valence-electron chi connectivity index (χ0n) is 17.6. The van der Waals surface area contributed by atoms with Crippen molar-refractivity contribution in [2.24, 2.45) is 0 Å². The Balaban J connectivity index is 1.44. The third-order valence-corrected chi connectivity index (χ3v) is 5.83. The van der Waals surface area contributed by atoms with Crippen molar-refractivity contribution in [3.63, 3.8) is 0 Å². The van der Waals surface area contributed by atoms with Gasteiger partial charge in [0, 0.05) is 43.5 Å². The molecular formula is C21H28N6O2. The lowest BCUT2D eigenvalue weighted by Crippen LogP contribution is -2.39. The van der Waals surface area contributed by atoms with Gasteiger partial charge in [0.25, 0.3) is 5.91 Å². The van der Waals surface area contributed by atoms with E-state index < -0.39 is 0 Å². The lowest BCUT2D eigenvalue weighted by molar-refractivity contribution is 0.0698. The Morgan fingerprint density at radius 2 is 2.00 bits per heavy atom. The van der Waals surface area contributed by atoms with Gasteiger partial charge in [0.1, 0.15) is 17.3 Å². The summed E-state index contributed by atoms with van der Waals surface area (Å²) in [5.41, 5.74) is 3.60. The average molecular weight is 396 g/mol. The molecule has 0 N–H and O–H groups in total. The molecule has 1 saturated heterocycles. The van der Waals surface area contributed by atoms with Crippen molar-refractivity contribution >= 4 is 5.91 Å². The van der Waals surface area contributed by atoms with E-state index in [1.165, 1.54) is 0 Å². The minimum Gasteiger partial charge on any atom is -0.361 e. The van der Waals surface area contributed by atoms with Crippen LogP contribution in [0, 0.1) is 20.8 Å². The number of imidazole rings is 1. The highest BCUT2D eigenvalue weighted by Crippen LogP contribution is 2.28. The summed E-state index contributed by atoms with van der Waals surface area (Å²) in [5.74, 6) is 2.34. The first kappa shape index (κ1) is 19.4. The van der Waals surface area contributed by atoms with Gasteiger partial charge in [-0.2, -0.15) is 5.10 Å². The van der Waals surface area contributed by atoms with E-state index >= 15 is 0 Å². The van der Waals surface area contributed by atoms with E-state index in [0.717, 1.165) is 54.5 Å². The summed E-state index contributed by atoms with van der Waals surface area (Å²) in [6.07, 6.45) is 5.68. The quantitative estimate of drug-likeness (QED) is 0.662. The molecule has 0 unspecified atom stereocenters. The van der Waals surface area contributed by atoms with Gasteiger partial charge < -0.3 is 14.0 Å². The molecule has 0 saturated carbocycles. The fourth-order valence-corrected chi connectivity index (χ4v) is 4.17. The van der Waals surface area contributed by atoms with Crippen LogP contribution in [0.25, 0.3) is 0 Å². The van der Waals surface area contributed by atoms with E-state index in [2.05, 4.69) is 19.8 Å². The Kier molecular flexibility index (Phi) is 5.25. The van der Waals surface area contributed by atoms with Crippen molar-refractivity contribution in [2.45, 2.75) is 59.5 Å². The molecule has 29 heavy (non-hydrogen) atoms. The Morgan fingerprint density at radius 1 is 1.24 bits per heavy atom. The molecule has 0 aliphatic carbocycles. The number of hydrogen-bond donors (Lipinski definition) is 0. The Hall–Kier alpha value is -2.90. The zero-order chi connectivity index (χ0) is 20.5. The van der Waals surface area contributed by atoms with Crippen molar-refractivity contribution in [1.82, 2.24) is 29.4 Å². The number of likely N-dealkylation sites (tertiary alicyclic amines) is 1. The third-order valence-electron chi connectivity index (χ3n) is 5.83. The fraction of sp³-hybridized carbons (Fsp3) is 0.524. The number of amides is 1. The van der Waals surface area contributed by atoms with Gasteiger partial charge in [-0.05, 0) is 46.6 Å². The number of hydrogen-bond acceptors (Lipinski definition) is 5. The maximum absolute atomic E-state index is 13.0. The summed E-state index contributed by atoms with van der Waals surface area (Å²) in [6, 6.07) is 1.88. The molecule has 1 aliphatic rings. The molecule has 1 fully saturated rings. The largest absolute Gasteiger partial charge is 0.361 e. The van der Waals surface area contributed by atoms with E-state index in [1.54, 1.807) is 4.68 Å². The van der Waals surface area contributed by atoms with Crippen LogP contribution in [0.3, 0.4) is 0 Å². The molecule has 0 aromatic carbocycles. The highest BCUT2D eigenvalue weighted by molar-refractivity contribution is 5.92. The van der Waals surface area contributed by atoms with Crippen LogP contribution in [0.4, 0.5) is 0 Å². The summed E-state index contributed by atoms with van der Waals surface area (Å²) in [5, 5.41) is 8.46. The standard InChI is InChI=1S/C21H28N6O2/c1-5-27-19(12-14(2)23-27)21(28)25-9-6-17(7-10-25)20-22-8-11-26(20)13-18-15(3)24-29-16(18)4/h8,11-12,17H,5-7,9-10,13H2,1-4H3. The topological polar surface area (TPSA) is 82.0 Å². The molecule has 1 aliphatic heterocycles. The van der Waals surface area contributed by atoms with Crippen LogP contribution in [0.2, 0.25) is 0 Å². The highest BCUT2D eigenvalue weighted by Gasteiger charge is 2.28. The van der Waals surface area contributed by atoms with Crippen LogP contribution in [-0.4, -0.2) is 48.4 Å². The monoisotopic (exact) mass is 396 g/mol. The van der Waals surface area contributed by atoms with Crippen molar-refractivity contribution < 1.29 is 9.32 Å². The summed E-state index contributed by atoms with van der Waals surface area (Å²) in [7, 11) is 0. The van der Waals surface area contributed by atoms with E-state index in [0.29, 0.717) is 24.7 Å². The van der Waals surface area contributed by atoms with Crippen LogP contribution < -0.4 is 0 Å². The Morgan fingerprint density at radius 3 is 2.66 bits per heavy atom. The van der Waals surface area contributed by atoms with Crippen LogP contribution in [0.1, 0.15) is 64.7 Å². The summed E-state index contributed by atoms with van der Waals surface area (Å²) < 4.78 is 9.27. The van der Waals surface area contributed by atoms with E-state index in [4.69, 9.17) is 4.52 Å². The van der Waals surface area contributed by atoms with Gasteiger partial charge in [0.2, 0.25) is 0 Å². The third kappa shape index (κ3) is 3.71. The molecule has 8 nitrogen and oxygen atoms in total. The van der Waals surface area contributed by atoms with Gasteiger partial charge >= 0.3 is 0 Å². The molecule has 0 bridgehead atoms. The summed E-state index contributed by atoms with van der Waals surface area (Å²) in [4.78, 5) is 19.5. The molecule has 4 rings (SSSR count). The van der Waals surface area contributed by atoms with E-state index in [1.807, 2.05) is 51.1 Å². The zero-order valence-corrected chi connectivity index (χ0v) is 17.6. The normalized spacial score (nSPS) is 15.2. The second-order valence-electron chi connectivity index (χ2n) is 7.77. The SMILES string of the molecule is CCn1nc(C)cc1C(=O)N1CCC(c2nccn2Cc2c(C)noc2C)CC1. The van der Waals surface area contributed by atoms with Crippen molar-refractivity contribution in [3.8, 4) is 0 Å². The van der Waals surface area contributed by atoms with Crippen molar-refractivity contribution in [3.05, 3.63) is 52.7 Å². The molecule has 0 radical (unpaired) electrons. The summed E-state index contributed by atoms with van der Waals surface area (Å²) in [6.45, 7) is 10.7. The van der Waals surface area contributed by atoms with Crippen molar-refractivity contribution in [1.29, 1.82) is 0 Å². The smallest absolute Gasteiger partial charge is 0.272 e. The van der Waals surface area contributed by atoms with Gasteiger partial charge in [0.15, 0.2) is 0 Å². The Labute approximate surface area is 170 Å². The lowest BCUT2D eigenvalue weighted by Gasteiger charge is -2.32. The van der Waals surface area contributed by atoms with Gasteiger partial charge in [0.05, 0.1) is 17.9 Å². The van der Waals surface area contributed by atoms with Crippen LogP contribution >= 0.6 is 0 Å². The average Bonchev–Trinajstić information content (AvgIpc) is 3.42. The molecule has 154 valence electrons. The maximum Gasteiger partial charge on any atom is 0.272 e. The molecular weight excluding hydrogens is 368 g/mol. The second kappa shape index (κ2) is 7.85. The minimum absolute atomic E-state index is 0.0740. The summed E-state index contributed by atoms with van der Waals surface area (Å²) >= 11 is 0. The van der Waals surface area contributed by atoms with Gasteiger partial charge in [-0.1, -0.05) is 5.16 Å². The Bertz CT molecular complexity index is 987. The molecule has 0 spiro atoms. The van der Waals surface area contributed by atoms with Gasteiger partial charge in [-0.25, -0.2) is 4.98 Å². The first-order chi connectivity index (χ1) is 14.0. The van der Waals surface area contributed by atoms with Gasteiger partial charge in [-0.15, -0.1) is 0 Å². The van der Waals surface area contributed by atoms with Crippen LogP contribution in [0.5, 0.6) is 0 Å². The molecule has 1 amide bonds. The number of carbonyl (C=O) groups is 1. The number of aromatic nitrogens is 5. The lowest BCUT2D eigenvalue weighted by atomic mass is 9.95. The number of carbonyl (C=O) groups excluding carboxylic acids is 1. The fourth-order valence-electron chi connectivity index (χ4n) is 4.17. The van der Waals surface area contributed by atoms with Crippen LogP contribution in [0.15, 0.2) is 23.0 Å². The number of aryl methyl sites for hydroxylation is 4. The van der Waals surface area contributed by atoms with E-state index in [-0.39, 0.29) is 5.91 Å². The molecule has 3 aromatic heterocycles. The molecule has 4 heterocycles. The molecule has 3 aromatic rings. The first-order valence-electron chi connectivity index (χ1n) is 10.2.